The molecule has 2 N–H and O–H groups in total. The Bertz CT molecular complexity index is 1940. The maximum Gasteiger partial charge on any atom is 0.331 e. The summed E-state index contributed by atoms with van der Waals surface area (Å²) in [5.74, 6) is 1.84. The minimum atomic E-state index is -1.23. The number of aliphatic carboxylic acids is 2. The van der Waals surface area contributed by atoms with Crippen molar-refractivity contribution in [3.05, 3.63) is 144 Å². The van der Waals surface area contributed by atoms with Crippen LogP contribution in [0.4, 0.5) is 0 Å². The topological polar surface area (TPSA) is 146 Å². The van der Waals surface area contributed by atoms with Gasteiger partial charge in [0.25, 0.3) is 0 Å². The predicted octanol–water partition coefficient (Wildman–Crippen LogP) is 8.10. The van der Waals surface area contributed by atoms with Crippen LogP contribution in [0.2, 0.25) is 0 Å². The zero-order valence-electron chi connectivity index (χ0n) is 32.7. The Kier molecular flexibility index (Phi) is 17.8. The molecule has 4 aromatic carbocycles. The van der Waals surface area contributed by atoms with Gasteiger partial charge in [-0.2, -0.15) is 47.0 Å². The van der Waals surface area contributed by atoms with E-state index in [0.717, 1.165) is 80.7 Å². The highest BCUT2D eigenvalue weighted by Crippen LogP contribution is 2.56. The summed E-state index contributed by atoms with van der Waals surface area (Å²) in [7, 11) is 0. The van der Waals surface area contributed by atoms with Gasteiger partial charge in [-0.15, -0.1) is 0 Å². The van der Waals surface area contributed by atoms with Gasteiger partial charge in [0.1, 0.15) is 36.9 Å². The van der Waals surface area contributed by atoms with E-state index < -0.39 is 41.5 Å². The molecule has 0 aromatic heterocycles. The van der Waals surface area contributed by atoms with Crippen LogP contribution in [-0.2, 0) is 34.1 Å². The molecule has 59 heavy (non-hydrogen) atoms. The number of benzene rings is 4. The summed E-state index contributed by atoms with van der Waals surface area (Å²) in [6.07, 6.45) is 6.18. The van der Waals surface area contributed by atoms with Crippen LogP contribution in [-0.4, -0.2) is 107 Å². The Hall–Kier alpha value is -4.76. The molecule has 0 saturated carbocycles. The van der Waals surface area contributed by atoms with Crippen molar-refractivity contribution in [2.24, 2.45) is 0 Å². The van der Waals surface area contributed by atoms with Crippen LogP contribution in [0.5, 0.6) is 11.5 Å². The number of thioether (sulfide) groups is 4. The number of esters is 2. The first-order valence-electron chi connectivity index (χ1n) is 18.7. The summed E-state index contributed by atoms with van der Waals surface area (Å²) in [5.41, 5.74) is 5.82. The molecule has 14 heteroatoms. The van der Waals surface area contributed by atoms with Crippen LogP contribution in [0.3, 0.4) is 0 Å². The van der Waals surface area contributed by atoms with Gasteiger partial charge in [0.05, 0.1) is 5.41 Å². The Morgan fingerprint density at radius 2 is 0.949 bits per heavy atom. The van der Waals surface area contributed by atoms with Gasteiger partial charge in [-0.25, -0.2) is 19.2 Å². The number of fused-ring (bicyclic) bond motifs is 3. The largest absolute Gasteiger partial charge is 0.490 e. The second-order valence-electron chi connectivity index (χ2n) is 13.1. The van der Waals surface area contributed by atoms with E-state index in [1.165, 1.54) is 0 Å². The third-order valence-corrected chi connectivity index (χ3v) is 13.1. The monoisotopic (exact) mass is 874 g/mol. The summed E-state index contributed by atoms with van der Waals surface area (Å²) < 4.78 is 23.5. The first kappa shape index (κ1) is 45.3. The molecule has 2 atom stereocenters. The van der Waals surface area contributed by atoms with Crippen molar-refractivity contribution >= 4 is 70.9 Å². The molecule has 1 aliphatic carbocycles. The molecule has 0 heterocycles. The van der Waals surface area contributed by atoms with Gasteiger partial charge >= 0.3 is 23.9 Å². The zero-order valence-corrected chi connectivity index (χ0v) is 35.9. The maximum atomic E-state index is 12.4. The minimum Gasteiger partial charge on any atom is -0.490 e. The number of carbonyl (C=O) groups is 4. The van der Waals surface area contributed by atoms with Crippen LogP contribution in [0.15, 0.2) is 121 Å². The molecule has 0 aliphatic heterocycles. The first-order chi connectivity index (χ1) is 28.6. The van der Waals surface area contributed by atoms with Gasteiger partial charge < -0.3 is 29.2 Å². The van der Waals surface area contributed by atoms with E-state index in [0.29, 0.717) is 23.0 Å². The highest BCUT2D eigenvalue weighted by Gasteiger charge is 2.45. The van der Waals surface area contributed by atoms with Crippen molar-refractivity contribution in [3.8, 4) is 22.6 Å². The van der Waals surface area contributed by atoms with Crippen LogP contribution in [0.25, 0.3) is 11.1 Å². The standard InChI is InChI=1S/C45H46O10S4/c1-56-23-25-58-29-35(54-43(50)21-19-41(46)47)27-52-33-15-11-31(12-16-33)45(39-9-5-3-7-37(39)38-8-4-6-10-40(38)45)32-13-17-34(18-14-32)53-28-36(30-59-26-24-57-2)55-44(51)22-20-42(48)49/h3-22,35-36H,23-30H2,1-2H3,(H,46,47)(H,48,49)/b21-19+,22-20+. The average Bonchev–Trinajstić information content (AvgIpc) is 3.54. The summed E-state index contributed by atoms with van der Waals surface area (Å²) in [5, 5.41) is 17.9. The predicted molar refractivity (Wildman–Crippen MR) is 239 cm³/mol. The van der Waals surface area contributed by atoms with E-state index in [2.05, 4.69) is 48.5 Å². The zero-order chi connectivity index (χ0) is 42.0. The summed E-state index contributed by atoms with van der Waals surface area (Å²) in [4.78, 5) is 46.6. The number of hydrogen-bond donors (Lipinski definition) is 2. The molecule has 2 unspecified atom stereocenters. The molecule has 0 radical (unpaired) electrons. The highest BCUT2D eigenvalue weighted by atomic mass is 32.2. The van der Waals surface area contributed by atoms with Crippen LogP contribution in [0.1, 0.15) is 22.3 Å². The lowest BCUT2D eigenvalue weighted by Gasteiger charge is -2.34. The van der Waals surface area contributed by atoms with E-state index in [4.69, 9.17) is 29.2 Å². The lowest BCUT2D eigenvalue weighted by molar-refractivity contribution is -0.144. The SMILES string of the molecule is CSCCSCC(COc1ccc(C2(c3ccc(OCC(CSCCSC)OC(=O)/C=C/C(=O)O)cc3)c3ccccc3-c3ccccc32)cc1)OC(=O)/C=C/C(=O)O. The second-order valence-corrected chi connectivity index (χ2v) is 17.4. The van der Waals surface area contributed by atoms with Crippen LogP contribution < -0.4 is 9.47 Å². The van der Waals surface area contributed by atoms with Gasteiger partial charge in [0.2, 0.25) is 0 Å². The van der Waals surface area contributed by atoms with E-state index in [-0.39, 0.29) is 13.2 Å². The smallest absolute Gasteiger partial charge is 0.331 e. The molecule has 310 valence electrons. The van der Waals surface area contributed by atoms with Crippen LogP contribution in [0, 0.1) is 0 Å². The van der Waals surface area contributed by atoms with E-state index in [9.17, 15) is 19.2 Å². The molecule has 10 nitrogen and oxygen atoms in total. The number of rotatable bonds is 24. The van der Waals surface area contributed by atoms with Crippen molar-refractivity contribution in [2.75, 3.05) is 60.2 Å². The molecule has 0 saturated heterocycles. The molecule has 1 aliphatic rings. The van der Waals surface area contributed by atoms with Crippen molar-refractivity contribution in [1.82, 2.24) is 0 Å². The maximum absolute atomic E-state index is 12.4. The van der Waals surface area contributed by atoms with E-state index in [1.807, 2.05) is 61.0 Å². The van der Waals surface area contributed by atoms with E-state index in [1.54, 1.807) is 47.0 Å². The molecule has 0 bridgehead atoms. The summed E-state index contributed by atoms with van der Waals surface area (Å²) >= 11 is 6.72. The quantitative estimate of drug-likeness (QED) is 0.0350. The Balaban J connectivity index is 1.40. The van der Waals surface area contributed by atoms with Crippen molar-refractivity contribution in [2.45, 2.75) is 17.6 Å². The lowest BCUT2D eigenvalue weighted by Crippen LogP contribution is -2.29. The number of carboxylic acid groups (broad SMARTS) is 2. The fourth-order valence-electron chi connectivity index (χ4n) is 6.64. The van der Waals surface area contributed by atoms with Crippen molar-refractivity contribution in [3.63, 3.8) is 0 Å². The van der Waals surface area contributed by atoms with Gasteiger partial charge in [-0.1, -0.05) is 72.8 Å². The molecular weight excluding hydrogens is 829 g/mol. The fraction of sp³-hybridized carbons (Fsp3) is 0.289. The number of carbonyl (C=O) groups excluding carboxylic acids is 2. The lowest BCUT2D eigenvalue weighted by atomic mass is 9.68. The molecule has 0 fully saturated rings. The van der Waals surface area contributed by atoms with Crippen LogP contribution >= 0.6 is 47.0 Å². The van der Waals surface area contributed by atoms with Crippen molar-refractivity contribution < 1.29 is 48.3 Å². The second kappa shape index (κ2) is 23.1. The molecular formula is C45H46O10S4. The summed E-state index contributed by atoms with van der Waals surface area (Å²) in [6, 6.07) is 32.6. The Morgan fingerprint density at radius 3 is 1.32 bits per heavy atom. The third kappa shape index (κ3) is 12.6. The third-order valence-electron chi connectivity index (χ3n) is 9.16. The highest BCUT2D eigenvalue weighted by molar-refractivity contribution is 8.03. The van der Waals surface area contributed by atoms with Gasteiger partial charge in [0.15, 0.2) is 0 Å². The Morgan fingerprint density at radius 1 is 0.559 bits per heavy atom. The van der Waals surface area contributed by atoms with E-state index >= 15 is 0 Å². The molecule has 0 spiro atoms. The van der Waals surface area contributed by atoms with Gasteiger partial charge in [-0.3, -0.25) is 0 Å². The normalized spacial score (nSPS) is 13.7. The number of carboxylic acids is 2. The molecule has 0 amide bonds. The number of ether oxygens (including phenoxy) is 4. The Labute approximate surface area is 361 Å². The number of hydrogen-bond acceptors (Lipinski definition) is 12. The molecule has 5 rings (SSSR count). The molecule has 4 aromatic rings. The first-order valence-corrected chi connectivity index (χ1v) is 23.8. The van der Waals surface area contributed by atoms with Crippen molar-refractivity contribution in [1.29, 1.82) is 0 Å². The van der Waals surface area contributed by atoms with Gasteiger partial charge in [0, 0.05) is 58.8 Å². The summed E-state index contributed by atoms with van der Waals surface area (Å²) in [6.45, 7) is 0.179. The minimum absolute atomic E-state index is 0.0894. The average molecular weight is 875 g/mol. The fourth-order valence-corrected chi connectivity index (χ4v) is 10.1. The van der Waals surface area contributed by atoms with Gasteiger partial charge in [-0.05, 0) is 70.2 Å².